The van der Waals surface area contributed by atoms with E-state index in [0.29, 0.717) is 13.2 Å². The van der Waals surface area contributed by atoms with Crippen molar-refractivity contribution in [3.8, 4) is 0 Å². The molecule has 20 heavy (non-hydrogen) atoms. The average Bonchev–Trinajstić information content (AvgIpc) is 3.02. The Kier molecular flexibility index (Phi) is 7.69. The van der Waals surface area contributed by atoms with Crippen molar-refractivity contribution in [2.24, 2.45) is 0 Å². The molecule has 2 heterocycles. The number of carbonyl (C=O) groups excluding carboxylic acids is 1. The number of ether oxygens (including phenoxy) is 1. The molecule has 0 bridgehead atoms. The molecule has 1 atom stereocenters. The molecule has 0 amide bonds. The normalized spacial score (nSPS) is 16.8. The number of carbonyl (C=O) groups is 1. The number of aryl methyl sites for hydroxylation is 1. The number of thiazole rings is 1. The van der Waals surface area contributed by atoms with Crippen molar-refractivity contribution in [3.05, 3.63) is 27.7 Å². The number of nitrogens with zero attached hydrogens (tertiary/aromatic N) is 2. The smallest absolute Gasteiger partial charge is 0.325 e. The molecule has 0 aliphatic carbocycles. The molecule has 0 spiro atoms. The zero-order valence-electron chi connectivity index (χ0n) is 12.6. The first-order valence-corrected chi connectivity index (χ1v) is 9.48. The van der Waals surface area contributed by atoms with Crippen molar-refractivity contribution in [2.75, 3.05) is 25.3 Å². The second-order valence-corrected chi connectivity index (χ2v) is 7.04. The van der Waals surface area contributed by atoms with E-state index in [1.165, 1.54) is 4.88 Å². The molecular weight excluding hydrogens is 292 g/mol. The standard InChI is InChI=1S/C12H17N2O2S2.C2H6/c1-10-11(17-8-13-10)3-5-16-12(15)7-14-4-6-18(2)9-14;1-2/h4,6,8H,3,5,7,9H2,1-2H3;1-2H3/q+1;. The van der Waals surface area contributed by atoms with Crippen molar-refractivity contribution in [3.63, 3.8) is 0 Å². The van der Waals surface area contributed by atoms with Crippen molar-refractivity contribution < 1.29 is 9.53 Å². The second kappa shape index (κ2) is 9.02. The predicted molar refractivity (Wildman–Crippen MR) is 86.9 cm³/mol. The van der Waals surface area contributed by atoms with E-state index in [2.05, 4.69) is 16.6 Å². The predicted octanol–water partition coefficient (Wildman–Crippen LogP) is 2.56. The minimum Gasteiger partial charge on any atom is -0.464 e. The third-order valence-corrected chi connectivity index (χ3v) is 4.96. The van der Waals surface area contributed by atoms with E-state index in [4.69, 9.17) is 4.74 Å². The van der Waals surface area contributed by atoms with Crippen molar-refractivity contribution >= 4 is 28.2 Å². The van der Waals surface area contributed by atoms with Crippen LogP contribution in [0.5, 0.6) is 0 Å². The summed E-state index contributed by atoms with van der Waals surface area (Å²) in [4.78, 5) is 19.0. The summed E-state index contributed by atoms with van der Waals surface area (Å²) in [5.41, 5.74) is 2.86. The largest absolute Gasteiger partial charge is 0.464 e. The molecule has 0 radical (unpaired) electrons. The highest BCUT2D eigenvalue weighted by molar-refractivity contribution is 7.99. The Labute approximate surface area is 128 Å². The summed E-state index contributed by atoms with van der Waals surface area (Å²) in [6.45, 7) is 6.78. The van der Waals surface area contributed by atoms with Gasteiger partial charge in [0.15, 0.2) is 5.88 Å². The van der Waals surface area contributed by atoms with Crippen LogP contribution in [0.25, 0.3) is 0 Å². The molecule has 0 N–H and O–H groups in total. The van der Waals surface area contributed by atoms with E-state index in [0.717, 1.165) is 18.0 Å². The second-order valence-electron chi connectivity index (χ2n) is 4.18. The maximum absolute atomic E-state index is 11.6. The van der Waals surface area contributed by atoms with Crippen LogP contribution < -0.4 is 0 Å². The molecule has 6 heteroatoms. The van der Waals surface area contributed by atoms with Crippen LogP contribution in [0.3, 0.4) is 0 Å². The van der Waals surface area contributed by atoms with E-state index in [1.807, 2.05) is 37.4 Å². The first kappa shape index (κ1) is 17.0. The summed E-state index contributed by atoms with van der Waals surface area (Å²) in [6.07, 6.45) is 4.91. The molecule has 1 aromatic heterocycles. The first-order chi connectivity index (χ1) is 9.65. The Balaban J connectivity index is 0.000000956. The fourth-order valence-electron chi connectivity index (χ4n) is 1.67. The lowest BCUT2D eigenvalue weighted by Gasteiger charge is -2.11. The zero-order chi connectivity index (χ0) is 15.0. The number of rotatable bonds is 5. The van der Waals surface area contributed by atoms with Gasteiger partial charge in [-0.2, -0.15) is 0 Å². The van der Waals surface area contributed by atoms with Gasteiger partial charge in [0.2, 0.25) is 0 Å². The van der Waals surface area contributed by atoms with Gasteiger partial charge in [-0.25, -0.2) is 4.98 Å². The average molecular weight is 315 g/mol. The van der Waals surface area contributed by atoms with Crippen LogP contribution in [0.2, 0.25) is 0 Å². The third-order valence-electron chi connectivity index (χ3n) is 2.64. The lowest BCUT2D eigenvalue weighted by Crippen LogP contribution is -2.27. The minimum absolute atomic E-state index is 0.152. The molecule has 1 unspecified atom stereocenters. The summed E-state index contributed by atoms with van der Waals surface area (Å²) >= 11 is 1.61. The van der Waals surface area contributed by atoms with E-state index in [-0.39, 0.29) is 16.9 Å². The summed E-state index contributed by atoms with van der Waals surface area (Å²) in [5, 5.41) is 2.13. The Bertz CT molecular complexity index is 446. The van der Waals surface area contributed by atoms with Gasteiger partial charge >= 0.3 is 5.97 Å². The molecular formula is C14H23N2O2S2+. The summed E-state index contributed by atoms with van der Waals surface area (Å²) in [5.74, 6) is 0.781. The van der Waals surface area contributed by atoms with Crippen molar-refractivity contribution in [1.82, 2.24) is 9.88 Å². The molecule has 0 aromatic carbocycles. The lowest BCUT2D eigenvalue weighted by molar-refractivity contribution is -0.143. The van der Waals surface area contributed by atoms with E-state index in [9.17, 15) is 4.79 Å². The molecule has 0 fully saturated rings. The van der Waals surface area contributed by atoms with Gasteiger partial charge in [-0.1, -0.05) is 13.8 Å². The number of hydrogen-bond acceptors (Lipinski definition) is 5. The molecule has 0 saturated heterocycles. The molecule has 1 aliphatic heterocycles. The van der Waals surface area contributed by atoms with Crippen LogP contribution >= 0.6 is 11.3 Å². The highest BCUT2D eigenvalue weighted by Gasteiger charge is 2.21. The molecule has 112 valence electrons. The molecule has 4 nitrogen and oxygen atoms in total. The van der Waals surface area contributed by atoms with E-state index in [1.54, 1.807) is 11.3 Å². The monoisotopic (exact) mass is 315 g/mol. The summed E-state index contributed by atoms with van der Waals surface area (Å²) < 4.78 is 5.23. The van der Waals surface area contributed by atoms with E-state index >= 15 is 0 Å². The fourth-order valence-corrected chi connectivity index (χ4v) is 3.60. The fraction of sp³-hybridized carbons (Fsp3) is 0.571. The van der Waals surface area contributed by atoms with Crippen LogP contribution in [0, 0.1) is 6.92 Å². The Morgan fingerprint density at radius 3 is 2.85 bits per heavy atom. The van der Waals surface area contributed by atoms with Gasteiger partial charge in [0, 0.05) is 22.2 Å². The van der Waals surface area contributed by atoms with Gasteiger partial charge in [0.1, 0.15) is 18.2 Å². The number of aromatic nitrogens is 1. The topological polar surface area (TPSA) is 42.4 Å². The van der Waals surface area contributed by atoms with Crippen molar-refractivity contribution in [2.45, 2.75) is 27.2 Å². The molecule has 1 aromatic rings. The molecule has 2 rings (SSSR count). The van der Waals surface area contributed by atoms with Gasteiger partial charge in [0.05, 0.1) is 24.0 Å². The molecule has 1 aliphatic rings. The Morgan fingerprint density at radius 2 is 2.30 bits per heavy atom. The summed E-state index contributed by atoms with van der Waals surface area (Å²) in [7, 11) is 0.279. The van der Waals surface area contributed by atoms with Crippen LogP contribution in [0.15, 0.2) is 17.1 Å². The van der Waals surface area contributed by atoms with Crippen LogP contribution in [-0.2, 0) is 26.8 Å². The van der Waals surface area contributed by atoms with Gasteiger partial charge in [-0.15, -0.1) is 11.3 Å². The number of esters is 1. The molecule has 0 saturated carbocycles. The van der Waals surface area contributed by atoms with Gasteiger partial charge in [0.25, 0.3) is 0 Å². The van der Waals surface area contributed by atoms with Crippen LogP contribution in [0.1, 0.15) is 24.4 Å². The first-order valence-electron chi connectivity index (χ1n) is 6.73. The zero-order valence-corrected chi connectivity index (χ0v) is 14.2. The summed E-state index contributed by atoms with van der Waals surface area (Å²) in [6, 6.07) is 0. The minimum atomic E-state index is -0.152. The highest BCUT2D eigenvalue weighted by atomic mass is 32.2. The Hall–Kier alpha value is -1.01. The van der Waals surface area contributed by atoms with Gasteiger partial charge in [-0.3, -0.25) is 4.79 Å². The van der Waals surface area contributed by atoms with Crippen LogP contribution in [0.4, 0.5) is 0 Å². The van der Waals surface area contributed by atoms with Gasteiger partial charge in [-0.05, 0) is 6.92 Å². The maximum atomic E-state index is 11.6. The van der Waals surface area contributed by atoms with Gasteiger partial charge < -0.3 is 9.64 Å². The van der Waals surface area contributed by atoms with E-state index < -0.39 is 0 Å². The Morgan fingerprint density at radius 1 is 1.55 bits per heavy atom. The quantitative estimate of drug-likeness (QED) is 0.619. The highest BCUT2D eigenvalue weighted by Crippen LogP contribution is 2.13. The SMILES string of the molecule is CC.Cc1ncsc1CCOC(=O)CN1C=C[S+](C)C1. The number of hydrogen-bond donors (Lipinski definition) is 0. The lowest BCUT2D eigenvalue weighted by atomic mass is 10.3. The third kappa shape index (κ3) is 5.54. The van der Waals surface area contributed by atoms with Crippen LogP contribution in [-0.4, -0.2) is 41.1 Å². The van der Waals surface area contributed by atoms with Crippen molar-refractivity contribution in [1.29, 1.82) is 0 Å². The maximum Gasteiger partial charge on any atom is 0.325 e.